The molecule has 0 heterocycles. The van der Waals surface area contributed by atoms with Crippen molar-refractivity contribution in [2.45, 2.75) is 6.42 Å². The second-order valence-corrected chi connectivity index (χ2v) is 5.72. The van der Waals surface area contributed by atoms with E-state index < -0.39 is 5.97 Å². The molecule has 5 nitrogen and oxygen atoms in total. The van der Waals surface area contributed by atoms with Gasteiger partial charge in [-0.3, -0.25) is 9.59 Å². The maximum absolute atomic E-state index is 12.0. The van der Waals surface area contributed by atoms with Crippen LogP contribution >= 0.6 is 23.2 Å². The number of benzene rings is 2. The summed E-state index contributed by atoms with van der Waals surface area (Å²) in [6.45, 7) is -0.165. The number of esters is 1. The van der Waals surface area contributed by atoms with Gasteiger partial charge in [0, 0.05) is 5.69 Å². The highest BCUT2D eigenvalue weighted by atomic mass is 35.5. The van der Waals surface area contributed by atoms with Crippen LogP contribution in [0.25, 0.3) is 0 Å². The first-order chi connectivity index (χ1) is 11.5. The summed E-state index contributed by atoms with van der Waals surface area (Å²) in [7, 11) is 1.26. The van der Waals surface area contributed by atoms with Gasteiger partial charge in [0.2, 0.25) is 5.91 Å². The molecule has 0 radical (unpaired) electrons. The Morgan fingerprint density at radius 3 is 2.38 bits per heavy atom. The van der Waals surface area contributed by atoms with Gasteiger partial charge < -0.3 is 15.4 Å². The molecule has 0 saturated heterocycles. The molecule has 0 aliphatic heterocycles. The van der Waals surface area contributed by atoms with E-state index in [1.165, 1.54) is 7.11 Å². The molecule has 126 valence electrons. The number of rotatable bonds is 6. The van der Waals surface area contributed by atoms with Crippen LogP contribution in [0.1, 0.15) is 5.56 Å². The third kappa shape index (κ3) is 4.88. The number of amides is 1. The predicted octanol–water partition coefficient (Wildman–Crippen LogP) is 3.57. The molecule has 0 aromatic heterocycles. The summed E-state index contributed by atoms with van der Waals surface area (Å²) in [5, 5.41) is 6.62. The van der Waals surface area contributed by atoms with Crippen molar-refractivity contribution in [1.29, 1.82) is 0 Å². The lowest BCUT2D eigenvalue weighted by molar-refractivity contribution is -0.141. The average Bonchev–Trinajstić information content (AvgIpc) is 2.57. The van der Waals surface area contributed by atoms with Gasteiger partial charge in [-0.2, -0.15) is 0 Å². The van der Waals surface area contributed by atoms with Gasteiger partial charge in [-0.15, -0.1) is 0 Å². The number of methoxy groups -OCH3 is 1. The molecule has 0 atom stereocenters. The lowest BCUT2D eigenvalue weighted by atomic mass is 10.1. The number of carbonyl (C=O) groups is 2. The number of para-hydroxylation sites is 2. The summed E-state index contributed by atoms with van der Waals surface area (Å²) in [6.07, 6.45) is 0.0994. The monoisotopic (exact) mass is 366 g/mol. The Balaban J connectivity index is 2.13. The molecular weight excluding hydrogens is 351 g/mol. The molecule has 0 bridgehead atoms. The number of halogens is 2. The molecule has 0 aliphatic carbocycles. The second-order valence-electron chi connectivity index (χ2n) is 4.91. The first-order valence-corrected chi connectivity index (χ1v) is 7.89. The van der Waals surface area contributed by atoms with E-state index >= 15 is 0 Å². The average molecular weight is 367 g/mol. The summed E-state index contributed by atoms with van der Waals surface area (Å²) >= 11 is 12.3. The minimum Gasteiger partial charge on any atom is -0.468 e. The van der Waals surface area contributed by atoms with Crippen molar-refractivity contribution in [3.63, 3.8) is 0 Å². The lowest BCUT2D eigenvalue weighted by Crippen LogP contribution is -2.31. The molecule has 1 amide bonds. The summed E-state index contributed by atoms with van der Waals surface area (Å²) in [4.78, 5) is 23.0. The van der Waals surface area contributed by atoms with Crippen LogP contribution in [0, 0.1) is 0 Å². The predicted molar refractivity (Wildman–Crippen MR) is 94.9 cm³/mol. The number of carbonyl (C=O) groups excluding carboxylic acids is 2. The van der Waals surface area contributed by atoms with Crippen LogP contribution in [0.3, 0.4) is 0 Å². The van der Waals surface area contributed by atoms with Crippen LogP contribution < -0.4 is 10.6 Å². The number of ether oxygens (including phenoxy) is 1. The maximum atomic E-state index is 12.0. The van der Waals surface area contributed by atoms with Crippen LogP contribution in [-0.2, 0) is 20.7 Å². The quantitative estimate of drug-likeness (QED) is 0.766. The first kappa shape index (κ1) is 18.1. The Morgan fingerprint density at radius 1 is 1.04 bits per heavy atom. The van der Waals surface area contributed by atoms with Gasteiger partial charge >= 0.3 is 5.97 Å². The van der Waals surface area contributed by atoms with E-state index in [0.29, 0.717) is 21.4 Å². The third-order valence-corrected chi connectivity index (χ3v) is 3.88. The van der Waals surface area contributed by atoms with Crippen LogP contribution in [0.4, 0.5) is 11.4 Å². The van der Waals surface area contributed by atoms with Crippen LogP contribution in [0.2, 0.25) is 10.0 Å². The Morgan fingerprint density at radius 2 is 1.71 bits per heavy atom. The molecular formula is C17H16Cl2N2O3. The van der Waals surface area contributed by atoms with Crippen LogP contribution in [-0.4, -0.2) is 25.5 Å². The Kier molecular flexibility index (Phi) is 6.46. The third-order valence-electron chi connectivity index (χ3n) is 3.25. The van der Waals surface area contributed by atoms with E-state index in [2.05, 4.69) is 15.4 Å². The number of hydrogen-bond acceptors (Lipinski definition) is 4. The molecule has 2 N–H and O–H groups in total. The minimum atomic E-state index is -0.502. The second kappa shape index (κ2) is 8.57. The van der Waals surface area contributed by atoms with E-state index in [9.17, 15) is 9.59 Å². The highest BCUT2D eigenvalue weighted by molar-refractivity contribution is 6.39. The van der Waals surface area contributed by atoms with Gasteiger partial charge in [0.15, 0.2) is 0 Å². The molecule has 0 fully saturated rings. The van der Waals surface area contributed by atoms with Crippen molar-refractivity contribution in [1.82, 2.24) is 5.32 Å². The van der Waals surface area contributed by atoms with E-state index in [4.69, 9.17) is 23.2 Å². The lowest BCUT2D eigenvalue weighted by Gasteiger charge is -2.14. The highest BCUT2D eigenvalue weighted by Crippen LogP contribution is 2.33. The topological polar surface area (TPSA) is 67.4 Å². The zero-order valence-electron chi connectivity index (χ0n) is 12.9. The molecule has 0 spiro atoms. The molecule has 0 unspecified atom stereocenters. The Labute approximate surface area is 149 Å². The van der Waals surface area contributed by atoms with Gasteiger partial charge in [0.1, 0.15) is 6.54 Å². The van der Waals surface area contributed by atoms with Crippen molar-refractivity contribution < 1.29 is 14.3 Å². The van der Waals surface area contributed by atoms with Crippen molar-refractivity contribution in [2.24, 2.45) is 0 Å². The van der Waals surface area contributed by atoms with E-state index in [1.54, 1.807) is 18.2 Å². The van der Waals surface area contributed by atoms with Crippen molar-refractivity contribution >= 4 is 46.5 Å². The molecule has 7 heteroatoms. The fraction of sp³-hybridized carbons (Fsp3) is 0.176. The van der Waals surface area contributed by atoms with Gasteiger partial charge in [-0.1, -0.05) is 47.5 Å². The van der Waals surface area contributed by atoms with Gasteiger partial charge in [-0.25, -0.2) is 0 Å². The first-order valence-electron chi connectivity index (χ1n) is 7.13. The van der Waals surface area contributed by atoms with Crippen LogP contribution in [0.15, 0.2) is 42.5 Å². The molecule has 0 aliphatic rings. The molecule has 2 aromatic rings. The van der Waals surface area contributed by atoms with Gasteiger partial charge in [0.25, 0.3) is 0 Å². The normalized spacial score (nSPS) is 10.1. The van der Waals surface area contributed by atoms with Gasteiger partial charge in [0.05, 0.1) is 29.3 Å². The fourth-order valence-corrected chi connectivity index (χ4v) is 2.52. The zero-order valence-corrected chi connectivity index (χ0v) is 14.4. The van der Waals surface area contributed by atoms with E-state index in [0.717, 1.165) is 5.56 Å². The number of hydrogen-bond donors (Lipinski definition) is 2. The summed E-state index contributed by atoms with van der Waals surface area (Å²) in [6, 6.07) is 12.5. The summed E-state index contributed by atoms with van der Waals surface area (Å²) in [5.41, 5.74) is 2.03. The molecule has 24 heavy (non-hydrogen) atoms. The number of nitrogens with one attached hydrogen (secondary N) is 2. The smallest absolute Gasteiger partial charge is 0.325 e. The standard InChI is InChI=1S/C17H16Cl2N2O3/c1-24-16(23)10-20-15(22)9-11-5-2-3-8-14(11)21-17-12(18)6-4-7-13(17)19/h2-8,21H,9-10H2,1H3,(H,20,22). The zero-order chi connectivity index (χ0) is 17.5. The SMILES string of the molecule is COC(=O)CNC(=O)Cc1ccccc1Nc1c(Cl)cccc1Cl. The number of anilines is 2. The summed E-state index contributed by atoms with van der Waals surface area (Å²) in [5.74, 6) is -0.794. The highest BCUT2D eigenvalue weighted by Gasteiger charge is 2.12. The van der Waals surface area contributed by atoms with Crippen molar-refractivity contribution in [3.8, 4) is 0 Å². The molecule has 2 aromatic carbocycles. The Bertz CT molecular complexity index is 730. The largest absolute Gasteiger partial charge is 0.468 e. The minimum absolute atomic E-state index is 0.0994. The van der Waals surface area contributed by atoms with E-state index in [1.807, 2.05) is 24.3 Å². The van der Waals surface area contributed by atoms with Crippen molar-refractivity contribution in [2.75, 3.05) is 19.0 Å². The fourth-order valence-electron chi connectivity index (χ4n) is 2.03. The van der Waals surface area contributed by atoms with Crippen LogP contribution in [0.5, 0.6) is 0 Å². The Hall–Kier alpha value is -2.24. The molecule has 2 rings (SSSR count). The van der Waals surface area contributed by atoms with E-state index in [-0.39, 0.29) is 18.9 Å². The van der Waals surface area contributed by atoms with Crippen molar-refractivity contribution in [3.05, 3.63) is 58.1 Å². The molecule has 0 saturated carbocycles. The van der Waals surface area contributed by atoms with Gasteiger partial charge in [-0.05, 0) is 23.8 Å². The summed E-state index contributed by atoms with van der Waals surface area (Å²) < 4.78 is 4.48. The maximum Gasteiger partial charge on any atom is 0.325 e.